The van der Waals surface area contributed by atoms with Crippen molar-refractivity contribution < 1.29 is 4.74 Å². The molecule has 0 saturated carbocycles. The van der Waals surface area contributed by atoms with E-state index in [9.17, 15) is 0 Å². The van der Waals surface area contributed by atoms with E-state index in [4.69, 9.17) is 16.3 Å². The van der Waals surface area contributed by atoms with Gasteiger partial charge in [-0.05, 0) is 18.9 Å². The number of aromatic amines is 1. The molecule has 0 fully saturated rings. The number of rotatable bonds is 6. The Kier molecular flexibility index (Phi) is 4.65. The van der Waals surface area contributed by atoms with E-state index < -0.39 is 0 Å². The molecule has 0 aromatic carbocycles. The Morgan fingerprint density at radius 1 is 1.47 bits per heavy atom. The van der Waals surface area contributed by atoms with Crippen LogP contribution in [0.3, 0.4) is 0 Å². The van der Waals surface area contributed by atoms with Crippen molar-refractivity contribution in [3.63, 3.8) is 0 Å². The summed E-state index contributed by atoms with van der Waals surface area (Å²) in [5.74, 6) is 1.02. The zero-order valence-corrected chi connectivity index (χ0v) is 11.1. The van der Waals surface area contributed by atoms with E-state index in [-0.39, 0.29) is 0 Å². The molecule has 0 spiro atoms. The Labute approximate surface area is 109 Å². The summed E-state index contributed by atoms with van der Waals surface area (Å²) in [6, 6.07) is 1.84. The van der Waals surface area contributed by atoms with Crippen molar-refractivity contribution in [3.05, 3.63) is 17.3 Å². The number of thioether (sulfide) groups is 1. The van der Waals surface area contributed by atoms with Gasteiger partial charge in [0.1, 0.15) is 0 Å². The van der Waals surface area contributed by atoms with Gasteiger partial charge in [0, 0.05) is 25.7 Å². The fourth-order valence-corrected chi connectivity index (χ4v) is 2.47. The molecular weight excluding hydrogens is 258 g/mol. The molecule has 0 bridgehead atoms. The van der Waals surface area contributed by atoms with Gasteiger partial charge in [0.15, 0.2) is 10.8 Å². The van der Waals surface area contributed by atoms with Gasteiger partial charge in [0.2, 0.25) is 0 Å². The Morgan fingerprint density at radius 3 is 3.18 bits per heavy atom. The lowest BCUT2D eigenvalue weighted by Crippen LogP contribution is -1.89. The van der Waals surface area contributed by atoms with Crippen molar-refractivity contribution >= 4 is 34.5 Å². The number of nitrogens with zero attached hydrogens (tertiary/aromatic N) is 2. The summed E-state index contributed by atoms with van der Waals surface area (Å²) in [7, 11) is 1.72. The van der Waals surface area contributed by atoms with E-state index in [1.807, 2.05) is 6.07 Å². The second-order valence-electron chi connectivity index (χ2n) is 3.62. The average molecular weight is 272 g/mol. The van der Waals surface area contributed by atoms with Gasteiger partial charge in [-0.3, -0.25) is 0 Å². The third kappa shape index (κ3) is 3.59. The Bertz CT molecular complexity index is 489. The molecule has 0 aliphatic heterocycles. The first-order valence-electron chi connectivity index (χ1n) is 5.42. The van der Waals surface area contributed by atoms with Gasteiger partial charge < -0.3 is 9.72 Å². The number of pyridine rings is 1. The summed E-state index contributed by atoms with van der Waals surface area (Å²) in [5.41, 5.74) is 1.60. The number of imidazole rings is 1. The SMILES string of the molecule is COCCCCSc1nc2ncc(Cl)cc2[nH]1. The van der Waals surface area contributed by atoms with E-state index in [1.165, 1.54) is 0 Å². The number of fused-ring (bicyclic) bond motifs is 1. The maximum absolute atomic E-state index is 5.86. The fourth-order valence-electron chi connectivity index (χ4n) is 1.44. The predicted octanol–water partition coefficient (Wildman–Crippen LogP) is 3.13. The zero-order chi connectivity index (χ0) is 12.1. The monoisotopic (exact) mass is 271 g/mol. The summed E-state index contributed by atoms with van der Waals surface area (Å²) in [6.45, 7) is 0.817. The first-order chi connectivity index (χ1) is 8.29. The van der Waals surface area contributed by atoms with Crippen LogP contribution in [0.25, 0.3) is 11.2 Å². The van der Waals surface area contributed by atoms with Crippen LogP contribution in [0.5, 0.6) is 0 Å². The quantitative estimate of drug-likeness (QED) is 0.648. The molecular formula is C11H14ClN3OS. The molecule has 2 aromatic heterocycles. The van der Waals surface area contributed by atoms with Crippen LogP contribution in [0, 0.1) is 0 Å². The highest BCUT2D eigenvalue weighted by Crippen LogP contribution is 2.21. The molecule has 1 N–H and O–H groups in total. The number of H-pyrrole nitrogens is 1. The molecule has 0 aliphatic carbocycles. The summed E-state index contributed by atoms with van der Waals surface area (Å²) in [6.07, 6.45) is 3.80. The summed E-state index contributed by atoms with van der Waals surface area (Å²) in [5, 5.41) is 1.52. The molecule has 2 heterocycles. The highest BCUT2D eigenvalue weighted by molar-refractivity contribution is 7.99. The second-order valence-corrected chi connectivity index (χ2v) is 5.14. The lowest BCUT2D eigenvalue weighted by Gasteiger charge is -1.97. The molecule has 0 atom stereocenters. The Hall–Kier alpha value is -0.780. The topological polar surface area (TPSA) is 50.8 Å². The number of halogens is 1. The molecule has 4 nitrogen and oxygen atoms in total. The molecule has 2 aromatic rings. The molecule has 6 heteroatoms. The van der Waals surface area contributed by atoms with Gasteiger partial charge in [-0.25, -0.2) is 9.97 Å². The fraction of sp³-hybridized carbons (Fsp3) is 0.455. The van der Waals surface area contributed by atoms with Crippen LogP contribution in [0.1, 0.15) is 12.8 Å². The van der Waals surface area contributed by atoms with E-state index >= 15 is 0 Å². The molecule has 0 radical (unpaired) electrons. The van der Waals surface area contributed by atoms with E-state index in [0.717, 1.165) is 35.9 Å². The van der Waals surface area contributed by atoms with Crippen LogP contribution in [0.15, 0.2) is 17.4 Å². The standard InChI is InChI=1S/C11H14ClN3OS/c1-16-4-2-3-5-17-11-14-9-6-8(12)7-13-10(9)15-11/h6-7H,2-5H2,1H3,(H,13,14,15). The van der Waals surface area contributed by atoms with Crippen molar-refractivity contribution in [3.8, 4) is 0 Å². The minimum Gasteiger partial charge on any atom is -0.385 e. The highest BCUT2D eigenvalue weighted by atomic mass is 35.5. The highest BCUT2D eigenvalue weighted by Gasteiger charge is 2.04. The van der Waals surface area contributed by atoms with Gasteiger partial charge in [0.25, 0.3) is 0 Å². The van der Waals surface area contributed by atoms with Crippen LogP contribution < -0.4 is 0 Å². The van der Waals surface area contributed by atoms with Crippen LogP contribution in [-0.4, -0.2) is 34.4 Å². The number of hydrogen-bond donors (Lipinski definition) is 1. The molecule has 17 heavy (non-hydrogen) atoms. The number of hydrogen-bond acceptors (Lipinski definition) is 4. The van der Waals surface area contributed by atoms with E-state index in [0.29, 0.717) is 10.7 Å². The first kappa shape index (κ1) is 12.7. The number of nitrogens with one attached hydrogen (secondary N) is 1. The molecule has 2 rings (SSSR count). The van der Waals surface area contributed by atoms with Crippen LogP contribution >= 0.6 is 23.4 Å². The Balaban J connectivity index is 1.91. The third-order valence-corrected chi connectivity index (χ3v) is 3.43. The van der Waals surface area contributed by atoms with Gasteiger partial charge >= 0.3 is 0 Å². The van der Waals surface area contributed by atoms with Crippen molar-refractivity contribution in [2.75, 3.05) is 19.5 Å². The molecule has 0 aliphatic rings. The zero-order valence-electron chi connectivity index (χ0n) is 9.57. The molecule has 0 saturated heterocycles. The van der Waals surface area contributed by atoms with Gasteiger partial charge in [-0.15, -0.1) is 0 Å². The van der Waals surface area contributed by atoms with Crippen molar-refractivity contribution in [2.45, 2.75) is 18.0 Å². The second kappa shape index (κ2) is 6.23. The lowest BCUT2D eigenvalue weighted by atomic mass is 10.4. The van der Waals surface area contributed by atoms with E-state index in [2.05, 4.69) is 15.0 Å². The van der Waals surface area contributed by atoms with Crippen LogP contribution in [0.4, 0.5) is 0 Å². The van der Waals surface area contributed by atoms with Gasteiger partial charge in [0.05, 0.1) is 10.5 Å². The van der Waals surface area contributed by atoms with Gasteiger partial charge in [-0.2, -0.15) is 0 Å². The van der Waals surface area contributed by atoms with Crippen molar-refractivity contribution in [1.82, 2.24) is 15.0 Å². The largest absolute Gasteiger partial charge is 0.385 e. The number of aromatic nitrogens is 3. The lowest BCUT2D eigenvalue weighted by molar-refractivity contribution is 0.194. The minimum absolute atomic E-state index is 0.623. The first-order valence-corrected chi connectivity index (χ1v) is 6.79. The summed E-state index contributed by atoms with van der Waals surface area (Å²) in [4.78, 5) is 11.7. The third-order valence-electron chi connectivity index (χ3n) is 2.26. The van der Waals surface area contributed by atoms with Crippen molar-refractivity contribution in [1.29, 1.82) is 0 Å². The van der Waals surface area contributed by atoms with Gasteiger partial charge in [-0.1, -0.05) is 23.4 Å². The summed E-state index contributed by atoms with van der Waals surface area (Å²) < 4.78 is 5.00. The smallest absolute Gasteiger partial charge is 0.178 e. The number of ether oxygens (including phenoxy) is 1. The predicted molar refractivity (Wildman–Crippen MR) is 70.7 cm³/mol. The van der Waals surface area contributed by atoms with Crippen LogP contribution in [0.2, 0.25) is 5.02 Å². The summed E-state index contributed by atoms with van der Waals surface area (Å²) >= 11 is 7.56. The van der Waals surface area contributed by atoms with E-state index in [1.54, 1.807) is 25.1 Å². The van der Waals surface area contributed by atoms with Crippen LogP contribution in [-0.2, 0) is 4.74 Å². The number of methoxy groups -OCH3 is 1. The average Bonchev–Trinajstić information content (AvgIpc) is 2.70. The maximum Gasteiger partial charge on any atom is 0.178 e. The molecule has 0 amide bonds. The normalized spacial score (nSPS) is 11.2. The molecule has 0 unspecified atom stereocenters. The maximum atomic E-state index is 5.86. The number of unbranched alkanes of at least 4 members (excludes halogenated alkanes) is 1. The Morgan fingerprint density at radius 2 is 2.35 bits per heavy atom. The molecule has 92 valence electrons. The minimum atomic E-state index is 0.623. The van der Waals surface area contributed by atoms with Crippen molar-refractivity contribution in [2.24, 2.45) is 0 Å².